The van der Waals surface area contributed by atoms with E-state index >= 15 is 0 Å². The van der Waals surface area contributed by atoms with Crippen LogP contribution < -0.4 is 0 Å². The van der Waals surface area contributed by atoms with Crippen molar-refractivity contribution in [2.24, 2.45) is 0 Å². The molecule has 0 spiro atoms. The molecule has 1 amide bonds. The summed E-state index contributed by atoms with van der Waals surface area (Å²) < 4.78 is 29.8. The van der Waals surface area contributed by atoms with E-state index in [2.05, 4.69) is 11.8 Å². The second-order valence-corrected chi connectivity index (χ2v) is 7.56. The van der Waals surface area contributed by atoms with Crippen LogP contribution in [0.25, 0.3) is 0 Å². The van der Waals surface area contributed by atoms with Gasteiger partial charge >= 0.3 is 0 Å². The quantitative estimate of drug-likeness (QED) is 0.548. The van der Waals surface area contributed by atoms with Crippen LogP contribution in [-0.4, -0.2) is 94.2 Å². The van der Waals surface area contributed by atoms with Crippen molar-refractivity contribution in [2.75, 3.05) is 65.8 Å². The van der Waals surface area contributed by atoms with Crippen LogP contribution >= 0.6 is 0 Å². The van der Waals surface area contributed by atoms with E-state index in [1.54, 1.807) is 7.11 Å². The van der Waals surface area contributed by atoms with E-state index in [4.69, 9.17) is 4.74 Å². The number of hydrogen-bond donors (Lipinski definition) is 0. The Labute approximate surface area is 134 Å². The third-order valence-corrected chi connectivity index (χ3v) is 5.28. The van der Waals surface area contributed by atoms with Gasteiger partial charge in [-0.15, -0.1) is 0 Å². The molecular formula is C14H29N3O4S. The number of ether oxygens (including phenoxy) is 1. The number of piperazine rings is 1. The van der Waals surface area contributed by atoms with Crippen molar-refractivity contribution in [1.29, 1.82) is 0 Å². The van der Waals surface area contributed by atoms with Crippen LogP contribution in [0, 0.1) is 0 Å². The SMILES string of the molecule is CCN1CCN(C(=O)CCN(CCCOC)S(C)(=O)=O)CC1. The molecule has 130 valence electrons. The molecule has 0 atom stereocenters. The number of methoxy groups -OCH3 is 1. The molecule has 0 aromatic carbocycles. The Morgan fingerprint density at radius 1 is 1.18 bits per heavy atom. The number of carbonyl (C=O) groups is 1. The predicted molar refractivity (Wildman–Crippen MR) is 86.2 cm³/mol. The zero-order valence-electron chi connectivity index (χ0n) is 14.0. The van der Waals surface area contributed by atoms with Crippen molar-refractivity contribution >= 4 is 15.9 Å². The Balaban J connectivity index is 2.42. The number of rotatable bonds is 9. The summed E-state index contributed by atoms with van der Waals surface area (Å²) in [6, 6.07) is 0. The van der Waals surface area contributed by atoms with E-state index < -0.39 is 10.0 Å². The number of amides is 1. The van der Waals surface area contributed by atoms with Gasteiger partial charge in [0.05, 0.1) is 6.26 Å². The van der Waals surface area contributed by atoms with E-state index in [9.17, 15) is 13.2 Å². The third kappa shape index (κ3) is 6.60. The van der Waals surface area contributed by atoms with Gasteiger partial charge in [0.15, 0.2) is 0 Å². The summed E-state index contributed by atoms with van der Waals surface area (Å²) in [4.78, 5) is 16.4. The molecule has 0 saturated carbocycles. The average molecular weight is 335 g/mol. The molecule has 1 aliphatic rings. The van der Waals surface area contributed by atoms with Gasteiger partial charge in [0, 0.05) is 59.4 Å². The number of hydrogen-bond acceptors (Lipinski definition) is 5. The molecule has 1 heterocycles. The minimum Gasteiger partial charge on any atom is -0.385 e. The van der Waals surface area contributed by atoms with Crippen LogP contribution in [0.2, 0.25) is 0 Å². The molecule has 0 N–H and O–H groups in total. The van der Waals surface area contributed by atoms with Crippen LogP contribution in [0.15, 0.2) is 0 Å². The number of carbonyl (C=O) groups excluding carboxylic acids is 1. The van der Waals surface area contributed by atoms with E-state index in [0.29, 0.717) is 19.6 Å². The molecular weight excluding hydrogens is 306 g/mol. The van der Waals surface area contributed by atoms with Crippen LogP contribution in [-0.2, 0) is 19.6 Å². The van der Waals surface area contributed by atoms with Gasteiger partial charge in [-0.05, 0) is 13.0 Å². The first-order valence-corrected chi connectivity index (χ1v) is 9.67. The second kappa shape index (κ2) is 9.44. The highest BCUT2D eigenvalue weighted by atomic mass is 32.2. The van der Waals surface area contributed by atoms with Crippen LogP contribution in [0.4, 0.5) is 0 Å². The third-order valence-electron chi connectivity index (χ3n) is 3.97. The molecule has 1 saturated heterocycles. The fraction of sp³-hybridized carbons (Fsp3) is 0.929. The fourth-order valence-electron chi connectivity index (χ4n) is 2.52. The maximum Gasteiger partial charge on any atom is 0.223 e. The lowest BCUT2D eigenvalue weighted by atomic mass is 10.2. The first kappa shape index (κ1) is 19.3. The van der Waals surface area contributed by atoms with Crippen molar-refractivity contribution in [2.45, 2.75) is 19.8 Å². The lowest BCUT2D eigenvalue weighted by Gasteiger charge is -2.34. The number of sulfonamides is 1. The summed E-state index contributed by atoms with van der Waals surface area (Å²) >= 11 is 0. The highest BCUT2D eigenvalue weighted by Crippen LogP contribution is 2.07. The van der Waals surface area contributed by atoms with Gasteiger partial charge in [0.25, 0.3) is 0 Å². The normalized spacial score (nSPS) is 17.2. The van der Waals surface area contributed by atoms with Crippen LogP contribution in [0.3, 0.4) is 0 Å². The molecule has 0 aromatic rings. The zero-order chi connectivity index (χ0) is 16.6. The lowest BCUT2D eigenvalue weighted by molar-refractivity contribution is -0.133. The van der Waals surface area contributed by atoms with Gasteiger partial charge in [-0.3, -0.25) is 4.79 Å². The van der Waals surface area contributed by atoms with E-state index in [1.807, 2.05) is 4.90 Å². The summed E-state index contributed by atoms with van der Waals surface area (Å²) in [7, 11) is -1.70. The highest BCUT2D eigenvalue weighted by Gasteiger charge is 2.22. The molecule has 8 heteroatoms. The average Bonchev–Trinajstić information content (AvgIpc) is 2.49. The van der Waals surface area contributed by atoms with Gasteiger partial charge in [-0.2, -0.15) is 0 Å². The molecule has 22 heavy (non-hydrogen) atoms. The Hall–Kier alpha value is -0.700. The first-order valence-electron chi connectivity index (χ1n) is 7.82. The molecule has 0 radical (unpaired) electrons. The summed E-state index contributed by atoms with van der Waals surface area (Å²) in [6.45, 7) is 7.52. The molecule has 1 rings (SSSR count). The van der Waals surface area contributed by atoms with E-state index in [1.165, 1.54) is 10.6 Å². The molecule has 0 unspecified atom stereocenters. The minimum absolute atomic E-state index is 0.0381. The second-order valence-electron chi connectivity index (χ2n) is 5.57. The molecule has 1 fully saturated rings. The van der Waals surface area contributed by atoms with Crippen molar-refractivity contribution < 1.29 is 17.9 Å². The molecule has 1 aliphatic heterocycles. The monoisotopic (exact) mass is 335 g/mol. The van der Waals surface area contributed by atoms with Crippen molar-refractivity contribution in [3.05, 3.63) is 0 Å². The summed E-state index contributed by atoms with van der Waals surface area (Å²) in [5, 5.41) is 0. The Morgan fingerprint density at radius 3 is 2.32 bits per heavy atom. The minimum atomic E-state index is -3.29. The van der Waals surface area contributed by atoms with Gasteiger partial charge in [-0.25, -0.2) is 12.7 Å². The number of likely N-dealkylation sites (N-methyl/N-ethyl adjacent to an activating group) is 1. The topological polar surface area (TPSA) is 70.2 Å². The van der Waals surface area contributed by atoms with Crippen LogP contribution in [0.5, 0.6) is 0 Å². The predicted octanol–water partition coefficient (Wildman–Crippen LogP) is -0.161. The largest absolute Gasteiger partial charge is 0.385 e. The maximum absolute atomic E-state index is 12.2. The first-order chi connectivity index (χ1) is 10.4. The molecule has 0 bridgehead atoms. The molecule has 7 nitrogen and oxygen atoms in total. The van der Waals surface area contributed by atoms with Gasteiger partial charge < -0.3 is 14.5 Å². The smallest absolute Gasteiger partial charge is 0.223 e. The van der Waals surface area contributed by atoms with Gasteiger partial charge in [0.2, 0.25) is 15.9 Å². The Morgan fingerprint density at radius 2 is 1.82 bits per heavy atom. The van der Waals surface area contributed by atoms with Crippen LogP contribution in [0.1, 0.15) is 19.8 Å². The van der Waals surface area contributed by atoms with Crippen molar-refractivity contribution in [3.63, 3.8) is 0 Å². The van der Waals surface area contributed by atoms with Crippen molar-refractivity contribution in [3.8, 4) is 0 Å². The molecule has 0 aromatic heterocycles. The van der Waals surface area contributed by atoms with E-state index in [-0.39, 0.29) is 18.9 Å². The van der Waals surface area contributed by atoms with Gasteiger partial charge in [0.1, 0.15) is 0 Å². The number of nitrogens with zero attached hydrogens (tertiary/aromatic N) is 3. The lowest BCUT2D eigenvalue weighted by Crippen LogP contribution is -2.49. The summed E-state index contributed by atoms with van der Waals surface area (Å²) in [6.07, 6.45) is 2.06. The summed E-state index contributed by atoms with van der Waals surface area (Å²) in [5.41, 5.74) is 0. The fourth-order valence-corrected chi connectivity index (χ4v) is 3.40. The molecule has 0 aliphatic carbocycles. The zero-order valence-corrected chi connectivity index (χ0v) is 14.8. The van der Waals surface area contributed by atoms with E-state index in [0.717, 1.165) is 32.7 Å². The van der Waals surface area contributed by atoms with Gasteiger partial charge in [-0.1, -0.05) is 6.92 Å². The highest BCUT2D eigenvalue weighted by molar-refractivity contribution is 7.88. The standard InChI is InChI=1S/C14H29N3O4S/c1-4-15-9-11-16(12-10-15)14(18)6-8-17(22(3,19)20)7-5-13-21-2/h4-13H2,1-3H3. The Bertz CT molecular complexity index is 433. The summed E-state index contributed by atoms with van der Waals surface area (Å²) in [5.74, 6) is 0.0381. The maximum atomic E-state index is 12.2. The van der Waals surface area contributed by atoms with Crippen molar-refractivity contribution in [1.82, 2.24) is 14.1 Å². The Kier molecular flexibility index (Phi) is 8.30.